The average Bonchev–Trinajstić information content (AvgIpc) is 2.82. The zero-order valence-electron chi connectivity index (χ0n) is 19.3. The van der Waals surface area contributed by atoms with Crippen LogP contribution < -0.4 is 0 Å². The lowest BCUT2D eigenvalue weighted by Crippen LogP contribution is -2.37. The van der Waals surface area contributed by atoms with Crippen molar-refractivity contribution >= 4 is 11.8 Å². The van der Waals surface area contributed by atoms with Gasteiger partial charge < -0.3 is 9.80 Å². The molecule has 2 bridgehead atoms. The zero-order valence-corrected chi connectivity index (χ0v) is 19.3. The maximum absolute atomic E-state index is 13.2. The predicted octanol–water partition coefficient (Wildman–Crippen LogP) is 5.12. The van der Waals surface area contributed by atoms with E-state index in [1.54, 1.807) is 4.90 Å². The van der Waals surface area contributed by atoms with E-state index in [-0.39, 0.29) is 22.6 Å². The first kappa shape index (κ1) is 21.9. The molecule has 1 saturated heterocycles. The largest absolute Gasteiger partial charge is 0.341 e. The van der Waals surface area contributed by atoms with Crippen LogP contribution in [0.2, 0.25) is 0 Å². The van der Waals surface area contributed by atoms with Crippen LogP contribution in [0.25, 0.3) is 0 Å². The molecule has 4 nitrogen and oxygen atoms in total. The molecule has 1 aromatic carbocycles. The summed E-state index contributed by atoms with van der Waals surface area (Å²) < 4.78 is 0. The summed E-state index contributed by atoms with van der Waals surface area (Å²) in [6.07, 6.45) is 3.94. The fraction of sp³-hybridized carbons (Fsp3) is 0.680. The van der Waals surface area contributed by atoms with E-state index in [9.17, 15) is 9.59 Å². The van der Waals surface area contributed by atoms with Crippen LogP contribution in [-0.2, 0) is 11.3 Å². The Morgan fingerprint density at radius 3 is 2.31 bits per heavy atom. The van der Waals surface area contributed by atoms with Crippen LogP contribution in [-0.4, -0.2) is 41.2 Å². The molecule has 1 aliphatic carbocycles. The third-order valence-electron chi connectivity index (χ3n) is 6.40. The van der Waals surface area contributed by atoms with Gasteiger partial charge in [0.05, 0.1) is 0 Å². The van der Waals surface area contributed by atoms with Crippen molar-refractivity contribution < 1.29 is 9.59 Å². The Morgan fingerprint density at radius 2 is 1.72 bits per heavy atom. The fourth-order valence-corrected chi connectivity index (χ4v) is 5.57. The number of hydrogen-bond donors (Lipinski definition) is 0. The lowest BCUT2D eigenvalue weighted by molar-refractivity contribution is -0.132. The summed E-state index contributed by atoms with van der Waals surface area (Å²) in [4.78, 5) is 29.5. The van der Waals surface area contributed by atoms with Crippen molar-refractivity contribution in [3.8, 4) is 0 Å². The number of benzene rings is 1. The predicted molar refractivity (Wildman–Crippen MR) is 118 cm³/mol. The van der Waals surface area contributed by atoms with Gasteiger partial charge >= 0.3 is 0 Å². The highest BCUT2D eigenvalue weighted by molar-refractivity contribution is 5.94. The molecule has 2 aliphatic rings. The monoisotopic (exact) mass is 398 g/mol. The standard InChI is InChI=1S/C25H38N2O2/c1-23(2,3)14-21(28)26(7)15-18-8-10-19(11-9-18)22(29)27-17-25(6)13-20(27)12-24(4,5)16-25/h8-11,20H,12-17H2,1-7H3. The first-order valence-corrected chi connectivity index (χ1v) is 10.9. The third-order valence-corrected chi connectivity index (χ3v) is 6.40. The van der Waals surface area contributed by atoms with Crippen molar-refractivity contribution in [3.63, 3.8) is 0 Å². The van der Waals surface area contributed by atoms with Crippen molar-refractivity contribution in [2.45, 2.75) is 79.8 Å². The van der Waals surface area contributed by atoms with Gasteiger partial charge in [-0.2, -0.15) is 0 Å². The molecule has 2 unspecified atom stereocenters. The average molecular weight is 399 g/mol. The van der Waals surface area contributed by atoms with E-state index in [0.717, 1.165) is 30.5 Å². The molecule has 2 fully saturated rings. The number of amides is 2. The van der Waals surface area contributed by atoms with Gasteiger partial charge in [0.2, 0.25) is 5.91 Å². The van der Waals surface area contributed by atoms with Gasteiger partial charge in [0.15, 0.2) is 0 Å². The van der Waals surface area contributed by atoms with E-state index in [1.165, 1.54) is 6.42 Å². The van der Waals surface area contributed by atoms with Crippen LogP contribution in [0.3, 0.4) is 0 Å². The topological polar surface area (TPSA) is 40.6 Å². The third kappa shape index (κ3) is 5.21. The summed E-state index contributed by atoms with van der Waals surface area (Å²) in [5.74, 6) is 0.304. The van der Waals surface area contributed by atoms with E-state index < -0.39 is 0 Å². The van der Waals surface area contributed by atoms with Gasteiger partial charge in [-0.3, -0.25) is 9.59 Å². The first-order valence-electron chi connectivity index (χ1n) is 10.9. The van der Waals surface area contributed by atoms with Crippen LogP contribution >= 0.6 is 0 Å². The highest BCUT2D eigenvalue weighted by atomic mass is 16.2. The first-order chi connectivity index (χ1) is 13.3. The molecule has 0 spiro atoms. The highest BCUT2D eigenvalue weighted by Crippen LogP contribution is 2.52. The Balaban J connectivity index is 1.65. The minimum atomic E-state index is -0.0132. The quantitative estimate of drug-likeness (QED) is 0.706. The second-order valence-corrected chi connectivity index (χ2v) is 11.8. The van der Waals surface area contributed by atoms with Crippen LogP contribution in [0.15, 0.2) is 24.3 Å². The summed E-state index contributed by atoms with van der Waals surface area (Å²) in [6.45, 7) is 14.7. The Kier molecular flexibility index (Phi) is 5.61. The second-order valence-electron chi connectivity index (χ2n) is 11.8. The molecule has 0 N–H and O–H groups in total. The number of nitrogens with zero attached hydrogens (tertiary/aromatic N) is 2. The number of carbonyl (C=O) groups is 2. The van der Waals surface area contributed by atoms with Crippen molar-refractivity contribution in [2.75, 3.05) is 13.6 Å². The maximum Gasteiger partial charge on any atom is 0.254 e. The van der Waals surface area contributed by atoms with Crippen molar-refractivity contribution in [1.29, 1.82) is 0 Å². The molecule has 0 aromatic heterocycles. The lowest BCUT2D eigenvalue weighted by Gasteiger charge is -2.39. The van der Waals surface area contributed by atoms with Gasteiger partial charge in [0.25, 0.3) is 5.91 Å². The number of likely N-dealkylation sites (tertiary alicyclic amines) is 1. The van der Waals surface area contributed by atoms with E-state index in [1.807, 2.05) is 31.3 Å². The van der Waals surface area contributed by atoms with E-state index in [0.29, 0.717) is 24.4 Å². The number of carbonyl (C=O) groups excluding carboxylic acids is 2. The molecule has 1 saturated carbocycles. The molecule has 2 amide bonds. The SMILES string of the molecule is CN(Cc1ccc(C(=O)N2CC3(C)CC2CC(C)(C)C3)cc1)C(=O)CC(C)(C)C. The highest BCUT2D eigenvalue weighted by Gasteiger charge is 2.50. The lowest BCUT2D eigenvalue weighted by atomic mass is 9.65. The van der Waals surface area contributed by atoms with E-state index in [2.05, 4.69) is 46.4 Å². The summed E-state index contributed by atoms with van der Waals surface area (Å²) in [7, 11) is 1.85. The number of rotatable bonds is 4. The second kappa shape index (κ2) is 7.45. The summed E-state index contributed by atoms with van der Waals surface area (Å²) in [5.41, 5.74) is 2.35. The molecule has 1 aliphatic heterocycles. The fourth-order valence-electron chi connectivity index (χ4n) is 5.57. The molecule has 2 atom stereocenters. The van der Waals surface area contributed by atoms with Gasteiger partial charge in [0, 0.05) is 38.2 Å². The number of hydrogen-bond acceptors (Lipinski definition) is 2. The molecule has 4 heteroatoms. The zero-order chi connectivity index (χ0) is 21.6. The Hall–Kier alpha value is -1.84. The molecular formula is C25H38N2O2. The van der Waals surface area contributed by atoms with Crippen molar-refractivity contribution in [2.24, 2.45) is 16.2 Å². The number of fused-ring (bicyclic) bond motifs is 2. The summed E-state index contributed by atoms with van der Waals surface area (Å²) in [6, 6.07) is 8.19. The molecular weight excluding hydrogens is 360 g/mol. The van der Waals surface area contributed by atoms with Gasteiger partial charge in [-0.15, -0.1) is 0 Å². The normalized spacial score (nSPS) is 25.8. The smallest absolute Gasteiger partial charge is 0.254 e. The van der Waals surface area contributed by atoms with Crippen molar-refractivity contribution in [3.05, 3.63) is 35.4 Å². The summed E-state index contributed by atoms with van der Waals surface area (Å²) in [5, 5.41) is 0. The minimum Gasteiger partial charge on any atom is -0.341 e. The van der Waals surface area contributed by atoms with Gasteiger partial charge in [-0.05, 0) is 53.2 Å². The Bertz CT molecular complexity index is 775. The molecule has 29 heavy (non-hydrogen) atoms. The molecule has 1 heterocycles. The maximum atomic E-state index is 13.2. The summed E-state index contributed by atoms with van der Waals surface area (Å²) >= 11 is 0. The molecule has 1 aromatic rings. The van der Waals surface area contributed by atoms with Gasteiger partial charge in [-0.25, -0.2) is 0 Å². The van der Waals surface area contributed by atoms with E-state index >= 15 is 0 Å². The Morgan fingerprint density at radius 1 is 1.10 bits per heavy atom. The van der Waals surface area contributed by atoms with E-state index in [4.69, 9.17) is 0 Å². The van der Waals surface area contributed by atoms with Crippen molar-refractivity contribution in [1.82, 2.24) is 9.80 Å². The van der Waals surface area contributed by atoms with Crippen LogP contribution in [0.5, 0.6) is 0 Å². The van der Waals surface area contributed by atoms with Gasteiger partial charge in [-0.1, -0.05) is 53.7 Å². The minimum absolute atomic E-state index is 0.0132. The van der Waals surface area contributed by atoms with Crippen LogP contribution in [0, 0.1) is 16.2 Å². The van der Waals surface area contributed by atoms with Crippen LogP contribution in [0.4, 0.5) is 0 Å². The van der Waals surface area contributed by atoms with Crippen LogP contribution in [0.1, 0.15) is 83.1 Å². The Labute approximate surface area is 176 Å². The molecule has 0 radical (unpaired) electrons. The molecule has 3 rings (SSSR count). The molecule has 160 valence electrons. The van der Waals surface area contributed by atoms with Gasteiger partial charge in [0.1, 0.15) is 0 Å².